The van der Waals surface area contributed by atoms with Crippen LogP contribution in [-0.2, 0) is 4.79 Å². The van der Waals surface area contributed by atoms with E-state index < -0.39 is 0 Å². The van der Waals surface area contributed by atoms with E-state index in [9.17, 15) is 4.79 Å². The molecule has 0 aromatic rings. The molecule has 0 radical (unpaired) electrons. The Morgan fingerprint density at radius 3 is 2.48 bits per heavy atom. The smallest absolute Gasteiger partial charge is 0.237 e. The number of piperidine rings is 1. The summed E-state index contributed by atoms with van der Waals surface area (Å²) in [6.45, 7) is 16.6. The predicted octanol–water partition coefficient (Wildman–Crippen LogP) is 1.90. The topological polar surface area (TPSA) is 35.6 Å². The van der Waals surface area contributed by atoms with Crippen LogP contribution in [0.5, 0.6) is 0 Å². The van der Waals surface area contributed by atoms with Crippen LogP contribution in [0.4, 0.5) is 0 Å². The molecule has 21 heavy (non-hydrogen) atoms. The highest BCUT2D eigenvalue weighted by Gasteiger charge is 2.22. The van der Waals surface area contributed by atoms with Gasteiger partial charge in [-0.3, -0.25) is 9.69 Å². The average Bonchev–Trinajstić information content (AvgIpc) is 2.47. The van der Waals surface area contributed by atoms with Gasteiger partial charge in [0.2, 0.25) is 5.91 Å². The van der Waals surface area contributed by atoms with Crippen molar-refractivity contribution >= 4 is 5.91 Å². The molecule has 1 atom stereocenters. The minimum absolute atomic E-state index is 0.160. The Morgan fingerprint density at radius 2 is 2.00 bits per heavy atom. The Balaban J connectivity index is 2.56. The minimum Gasteiger partial charge on any atom is -0.334 e. The number of carbonyl (C=O) groups is 1. The van der Waals surface area contributed by atoms with Gasteiger partial charge in [-0.05, 0) is 45.7 Å². The van der Waals surface area contributed by atoms with Gasteiger partial charge < -0.3 is 10.2 Å². The van der Waals surface area contributed by atoms with Crippen LogP contribution >= 0.6 is 0 Å². The van der Waals surface area contributed by atoms with Crippen LogP contribution in [0, 0.1) is 5.92 Å². The first-order valence-electron chi connectivity index (χ1n) is 8.02. The fraction of sp³-hybridized carbons (Fsp3) is 0.706. The number of amides is 1. The van der Waals surface area contributed by atoms with Crippen molar-refractivity contribution in [1.29, 1.82) is 0 Å². The number of carbonyl (C=O) groups excluding carboxylic acids is 1. The van der Waals surface area contributed by atoms with Gasteiger partial charge in [-0.1, -0.05) is 12.2 Å². The Labute approximate surface area is 129 Å². The molecule has 4 nitrogen and oxygen atoms in total. The van der Waals surface area contributed by atoms with Gasteiger partial charge in [0.25, 0.3) is 0 Å². The van der Waals surface area contributed by atoms with Crippen LogP contribution < -0.4 is 5.32 Å². The maximum Gasteiger partial charge on any atom is 0.237 e. The van der Waals surface area contributed by atoms with E-state index in [2.05, 4.69) is 37.2 Å². The Bertz CT molecular complexity index is 325. The maximum atomic E-state index is 12.5. The molecule has 0 bridgehead atoms. The zero-order valence-corrected chi connectivity index (χ0v) is 13.7. The van der Waals surface area contributed by atoms with Crippen molar-refractivity contribution in [1.82, 2.24) is 15.1 Å². The van der Waals surface area contributed by atoms with Gasteiger partial charge in [0, 0.05) is 25.7 Å². The number of nitrogens with zero attached hydrogens (tertiary/aromatic N) is 2. The lowest BCUT2D eigenvalue weighted by Gasteiger charge is -2.33. The summed E-state index contributed by atoms with van der Waals surface area (Å²) in [7, 11) is 0. The zero-order chi connectivity index (χ0) is 15.7. The number of nitrogens with one attached hydrogen (secondary N) is 1. The third-order valence-electron chi connectivity index (χ3n) is 4.01. The van der Waals surface area contributed by atoms with Gasteiger partial charge in [0.15, 0.2) is 0 Å². The van der Waals surface area contributed by atoms with Crippen molar-refractivity contribution in [2.75, 3.05) is 39.3 Å². The molecule has 4 heteroatoms. The lowest BCUT2D eigenvalue weighted by molar-refractivity contribution is -0.132. The second kappa shape index (κ2) is 9.74. The second-order valence-corrected chi connectivity index (χ2v) is 6.11. The fourth-order valence-corrected chi connectivity index (χ4v) is 2.73. The summed E-state index contributed by atoms with van der Waals surface area (Å²) in [6.07, 6.45) is 6.04. The molecular formula is C17H31N3O. The summed E-state index contributed by atoms with van der Waals surface area (Å²) in [5.41, 5.74) is 0. The molecule has 120 valence electrons. The Morgan fingerprint density at radius 1 is 1.33 bits per heavy atom. The standard InChI is InChI=1S/C17H31N3O/c1-5-10-19(11-6-2)17(21)14-20(15(3)4)13-16-8-7-9-18-12-16/h5-6,15-16,18H,1-2,7-14H2,3-4H3. The van der Waals surface area contributed by atoms with Gasteiger partial charge in [-0.15, -0.1) is 13.2 Å². The molecule has 1 aliphatic heterocycles. The molecule has 0 aliphatic carbocycles. The number of hydrogen-bond acceptors (Lipinski definition) is 3. The molecule has 1 rings (SSSR count). The Kier molecular flexibility index (Phi) is 8.31. The predicted molar refractivity (Wildman–Crippen MR) is 89.3 cm³/mol. The first-order chi connectivity index (χ1) is 10.1. The molecule has 1 N–H and O–H groups in total. The van der Waals surface area contributed by atoms with E-state index in [1.54, 1.807) is 17.1 Å². The summed E-state index contributed by atoms with van der Waals surface area (Å²) in [6, 6.07) is 0.380. The van der Waals surface area contributed by atoms with Crippen molar-refractivity contribution in [2.45, 2.75) is 32.7 Å². The van der Waals surface area contributed by atoms with Crippen LogP contribution in [0.2, 0.25) is 0 Å². The molecule has 1 fully saturated rings. The van der Waals surface area contributed by atoms with Crippen LogP contribution in [0.15, 0.2) is 25.3 Å². The lowest BCUT2D eigenvalue weighted by Crippen LogP contribution is -2.46. The van der Waals surface area contributed by atoms with E-state index >= 15 is 0 Å². The molecule has 0 aromatic heterocycles. The molecule has 1 aliphatic rings. The summed E-state index contributed by atoms with van der Waals surface area (Å²) < 4.78 is 0. The molecule has 1 saturated heterocycles. The summed E-state index contributed by atoms with van der Waals surface area (Å²) in [5.74, 6) is 0.813. The normalized spacial score (nSPS) is 18.8. The minimum atomic E-state index is 0.160. The summed E-state index contributed by atoms with van der Waals surface area (Å²) in [4.78, 5) is 16.5. The molecule has 1 heterocycles. The third-order valence-corrected chi connectivity index (χ3v) is 4.01. The van der Waals surface area contributed by atoms with E-state index in [4.69, 9.17) is 0 Å². The highest BCUT2D eigenvalue weighted by atomic mass is 16.2. The van der Waals surface area contributed by atoms with Crippen molar-refractivity contribution in [3.63, 3.8) is 0 Å². The average molecular weight is 293 g/mol. The fourth-order valence-electron chi connectivity index (χ4n) is 2.73. The van der Waals surface area contributed by atoms with E-state index in [0.717, 1.165) is 19.6 Å². The van der Waals surface area contributed by atoms with E-state index in [1.807, 2.05) is 0 Å². The largest absolute Gasteiger partial charge is 0.334 e. The quantitative estimate of drug-likeness (QED) is 0.660. The van der Waals surface area contributed by atoms with Gasteiger partial charge >= 0.3 is 0 Å². The molecular weight excluding hydrogens is 262 g/mol. The second-order valence-electron chi connectivity index (χ2n) is 6.11. The lowest BCUT2D eigenvalue weighted by atomic mass is 9.98. The van der Waals surface area contributed by atoms with Gasteiger partial charge in [0.1, 0.15) is 0 Å². The maximum absolute atomic E-state index is 12.5. The van der Waals surface area contributed by atoms with Crippen LogP contribution in [0.25, 0.3) is 0 Å². The molecule has 1 amide bonds. The van der Waals surface area contributed by atoms with Crippen molar-refractivity contribution in [3.8, 4) is 0 Å². The Hall–Kier alpha value is -1.13. The van der Waals surface area contributed by atoms with E-state index in [1.165, 1.54) is 12.8 Å². The van der Waals surface area contributed by atoms with Gasteiger partial charge in [0.05, 0.1) is 6.54 Å². The van der Waals surface area contributed by atoms with Crippen molar-refractivity contribution in [3.05, 3.63) is 25.3 Å². The van der Waals surface area contributed by atoms with Crippen LogP contribution in [-0.4, -0.2) is 61.0 Å². The SMILES string of the molecule is C=CCN(CC=C)C(=O)CN(CC1CCCNC1)C(C)C. The van der Waals surface area contributed by atoms with Crippen LogP contribution in [0.1, 0.15) is 26.7 Å². The third kappa shape index (κ3) is 6.44. The highest BCUT2D eigenvalue weighted by Crippen LogP contribution is 2.13. The first kappa shape index (κ1) is 17.9. The van der Waals surface area contributed by atoms with Gasteiger partial charge in [-0.2, -0.15) is 0 Å². The highest BCUT2D eigenvalue weighted by molar-refractivity contribution is 5.78. The zero-order valence-electron chi connectivity index (χ0n) is 13.7. The first-order valence-corrected chi connectivity index (χ1v) is 8.02. The number of hydrogen-bond donors (Lipinski definition) is 1. The molecule has 0 saturated carbocycles. The summed E-state index contributed by atoms with van der Waals surface area (Å²) in [5, 5.41) is 3.45. The van der Waals surface area contributed by atoms with Gasteiger partial charge in [-0.25, -0.2) is 0 Å². The van der Waals surface area contributed by atoms with Crippen molar-refractivity contribution < 1.29 is 4.79 Å². The number of rotatable bonds is 9. The monoisotopic (exact) mass is 293 g/mol. The van der Waals surface area contributed by atoms with E-state index in [0.29, 0.717) is 31.6 Å². The molecule has 0 aromatic carbocycles. The summed E-state index contributed by atoms with van der Waals surface area (Å²) >= 11 is 0. The van der Waals surface area contributed by atoms with E-state index in [-0.39, 0.29) is 5.91 Å². The molecule has 1 unspecified atom stereocenters. The van der Waals surface area contributed by atoms with Crippen molar-refractivity contribution in [2.24, 2.45) is 5.92 Å². The molecule has 0 spiro atoms. The van der Waals surface area contributed by atoms with Crippen LogP contribution in [0.3, 0.4) is 0 Å².